The highest BCUT2D eigenvalue weighted by atomic mass is 32.2. The maximum absolute atomic E-state index is 13.1. The van der Waals surface area contributed by atoms with Gasteiger partial charge < -0.3 is 9.84 Å². The quantitative estimate of drug-likeness (QED) is 0.665. The molecule has 6 nitrogen and oxygen atoms in total. The highest BCUT2D eigenvalue weighted by molar-refractivity contribution is 7.92. The predicted molar refractivity (Wildman–Crippen MR) is 105 cm³/mol. The molecule has 2 rings (SSSR count). The first-order valence-electron chi connectivity index (χ1n) is 8.88. The molecule has 2 aromatic rings. The summed E-state index contributed by atoms with van der Waals surface area (Å²) < 4.78 is 33.0. The fourth-order valence-electron chi connectivity index (χ4n) is 2.53. The molecule has 0 spiro atoms. The summed E-state index contributed by atoms with van der Waals surface area (Å²) in [4.78, 5) is 11.0. The van der Waals surface area contributed by atoms with Gasteiger partial charge in [-0.3, -0.25) is 9.10 Å². The number of hydrogen-bond donors (Lipinski definition) is 1. The van der Waals surface area contributed by atoms with Crippen LogP contribution < -0.4 is 9.04 Å². The zero-order valence-corrected chi connectivity index (χ0v) is 16.4. The van der Waals surface area contributed by atoms with Crippen LogP contribution in [0.4, 0.5) is 5.69 Å². The van der Waals surface area contributed by atoms with Crippen LogP contribution in [0.2, 0.25) is 0 Å². The van der Waals surface area contributed by atoms with Crippen LogP contribution in [0.15, 0.2) is 53.4 Å². The molecule has 0 fully saturated rings. The number of carboxylic acid groups (broad SMARTS) is 1. The van der Waals surface area contributed by atoms with E-state index in [1.165, 1.54) is 4.31 Å². The maximum atomic E-state index is 13.1. The number of nitrogens with zero attached hydrogens (tertiary/aromatic N) is 1. The zero-order valence-electron chi connectivity index (χ0n) is 15.6. The number of aryl methyl sites for hydroxylation is 1. The third kappa shape index (κ3) is 5.72. The number of ether oxygens (including phenoxy) is 1. The van der Waals surface area contributed by atoms with E-state index in [1.54, 1.807) is 48.5 Å². The van der Waals surface area contributed by atoms with Crippen molar-refractivity contribution >= 4 is 21.7 Å². The summed E-state index contributed by atoms with van der Waals surface area (Å²) in [6.07, 6.45) is 0.997. The van der Waals surface area contributed by atoms with Crippen molar-refractivity contribution in [3.63, 3.8) is 0 Å². The van der Waals surface area contributed by atoms with E-state index in [4.69, 9.17) is 9.84 Å². The Kier molecular flexibility index (Phi) is 7.24. The van der Waals surface area contributed by atoms with E-state index in [1.807, 2.05) is 13.8 Å². The van der Waals surface area contributed by atoms with Crippen LogP contribution in [0.5, 0.6) is 5.75 Å². The third-order valence-electron chi connectivity index (χ3n) is 3.96. The molecule has 2 aromatic carbocycles. The van der Waals surface area contributed by atoms with Gasteiger partial charge in [0.25, 0.3) is 10.0 Å². The number of rotatable bonds is 10. The molecule has 27 heavy (non-hydrogen) atoms. The first-order valence-corrected chi connectivity index (χ1v) is 10.3. The van der Waals surface area contributed by atoms with Gasteiger partial charge in [0.15, 0.2) is 0 Å². The molecule has 0 unspecified atom stereocenters. The molecule has 0 aliphatic heterocycles. The fraction of sp³-hybridized carbons (Fsp3) is 0.350. The summed E-state index contributed by atoms with van der Waals surface area (Å²) in [5, 5.41) is 8.88. The maximum Gasteiger partial charge on any atom is 0.303 e. The molecular formula is C20H25NO5S. The molecule has 0 aliphatic carbocycles. The van der Waals surface area contributed by atoms with Gasteiger partial charge in [0.05, 0.1) is 17.2 Å². The van der Waals surface area contributed by atoms with E-state index in [0.717, 1.165) is 12.0 Å². The van der Waals surface area contributed by atoms with E-state index in [2.05, 4.69) is 0 Å². The lowest BCUT2D eigenvalue weighted by Gasteiger charge is -2.24. The minimum atomic E-state index is -3.80. The van der Waals surface area contributed by atoms with E-state index >= 15 is 0 Å². The van der Waals surface area contributed by atoms with Crippen molar-refractivity contribution in [2.75, 3.05) is 17.5 Å². The van der Waals surface area contributed by atoms with Gasteiger partial charge in [-0.2, -0.15) is 0 Å². The monoisotopic (exact) mass is 391 g/mol. The Morgan fingerprint density at radius 3 is 2.26 bits per heavy atom. The van der Waals surface area contributed by atoms with Crippen molar-refractivity contribution in [2.45, 2.75) is 38.0 Å². The predicted octanol–water partition coefficient (Wildman–Crippen LogP) is 3.84. The molecule has 0 saturated heterocycles. The van der Waals surface area contributed by atoms with Crippen molar-refractivity contribution in [3.05, 3.63) is 54.1 Å². The Balaban J connectivity index is 2.32. The van der Waals surface area contributed by atoms with E-state index in [-0.39, 0.29) is 24.3 Å². The van der Waals surface area contributed by atoms with Crippen LogP contribution in [0.1, 0.15) is 31.7 Å². The minimum absolute atomic E-state index is 0.0810. The molecule has 1 N–H and O–H groups in total. The van der Waals surface area contributed by atoms with Crippen molar-refractivity contribution < 1.29 is 23.1 Å². The average Bonchev–Trinajstić information content (AvgIpc) is 2.64. The fourth-order valence-corrected chi connectivity index (χ4v) is 4.03. The van der Waals surface area contributed by atoms with Crippen molar-refractivity contribution in [3.8, 4) is 5.75 Å². The average molecular weight is 391 g/mol. The normalized spacial score (nSPS) is 11.2. The van der Waals surface area contributed by atoms with Gasteiger partial charge in [0.2, 0.25) is 0 Å². The zero-order chi connectivity index (χ0) is 19.9. The van der Waals surface area contributed by atoms with Crippen LogP contribution in [-0.2, 0) is 14.8 Å². The van der Waals surface area contributed by atoms with Crippen LogP contribution in [-0.4, -0.2) is 32.6 Å². The molecule has 0 aliphatic rings. The summed E-state index contributed by atoms with van der Waals surface area (Å²) in [5.41, 5.74) is 1.44. The highest BCUT2D eigenvalue weighted by Gasteiger charge is 2.25. The molecule has 0 atom stereocenters. The Bertz CT molecular complexity index is 845. The summed E-state index contributed by atoms with van der Waals surface area (Å²) >= 11 is 0. The molecule has 146 valence electrons. The molecule has 0 heterocycles. The summed E-state index contributed by atoms with van der Waals surface area (Å²) in [5.74, 6) is -0.287. The SMILES string of the molecule is CCCOc1ccc(N(CCCC(=O)O)S(=O)(=O)c2ccc(C)cc2)cc1. The molecule has 0 saturated carbocycles. The molecular weight excluding hydrogens is 366 g/mol. The van der Waals surface area contributed by atoms with Gasteiger partial charge in [-0.1, -0.05) is 24.6 Å². The van der Waals surface area contributed by atoms with Crippen molar-refractivity contribution in [1.29, 1.82) is 0 Å². The van der Waals surface area contributed by atoms with Gasteiger partial charge in [-0.15, -0.1) is 0 Å². The number of carboxylic acids is 1. The Morgan fingerprint density at radius 2 is 1.70 bits per heavy atom. The Morgan fingerprint density at radius 1 is 1.07 bits per heavy atom. The van der Waals surface area contributed by atoms with Gasteiger partial charge >= 0.3 is 5.97 Å². The molecule has 0 radical (unpaired) electrons. The number of carbonyl (C=O) groups is 1. The van der Waals surface area contributed by atoms with Crippen molar-refractivity contribution in [1.82, 2.24) is 0 Å². The standard InChI is InChI=1S/C20H25NO5S/c1-3-15-26-18-10-8-17(9-11-18)21(14-4-5-20(22)23)27(24,25)19-12-6-16(2)7-13-19/h6-13H,3-5,14-15H2,1-2H3,(H,22,23). The number of sulfonamides is 1. The van der Waals surface area contributed by atoms with Gasteiger partial charge in [-0.25, -0.2) is 8.42 Å². The van der Waals surface area contributed by atoms with Crippen LogP contribution in [0.25, 0.3) is 0 Å². The van der Waals surface area contributed by atoms with Crippen molar-refractivity contribution in [2.24, 2.45) is 0 Å². The Hall–Kier alpha value is -2.54. The first kappa shape index (κ1) is 20.8. The lowest BCUT2D eigenvalue weighted by molar-refractivity contribution is -0.137. The molecule has 0 bridgehead atoms. The lowest BCUT2D eigenvalue weighted by atomic mass is 10.2. The topological polar surface area (TPSA) is 83.9 Å². The van der Waals surface area contributed by atoms with Gasteiger partial charge in [0, 0.05) is 13.0 Å². The number of hydrogen-bond acceptors (Lipinski definition) is 4. The second-order valence-electron chi connectivity index (χ2n) is 6.23. The van der Waals surface area contributed by atoms with Crippen LogP contribution >= 0.6 is 0 Å². The third-order valence-corrected chi connectivity index (χ3v) is 5.80. The molecule has 0 aromatic heterocycles. The van der Waals surface area contributed by atoms with E-state index < -0.39 is 16.0 Å². The largest absolute Gasteiger partial charge is 0.494 e. The molecule has 7 heteroatoms. The van der Waals surface area contributed by atoms with E-state index in [0.29, 0.717) is 18.0 Å². The van der Waals surface area contributed by atoms with Crippen LogP contribution in [0, 0.1) is 6.92 Å². The van der Waals surface area contributed by atoms with Gasteiger partial charge in [-0.05, 0) is 56.2 Å². The number of benzene rings is 2. The minimum Gasteiger partial charge on any atom is -0.494 e. The van der Waals surface area contributed by atoms with Gasteiger partial charge in [0.1, 0.15) is 5.75 Å². The molecule has 0 amide bonds. The Labute approximate surface area is 160 Å². The highest BCUT2D eigenvalue weighted by Crippen LogP contribution is 2.26. The summed E-state index contributed by atoms with van der Waals surface area (Å²) in [7, 11) is -3.80. The number of anilines is 1. The lowest BCUT2D eigenvalue weighted by Crippen LogP contribution is -2.32. The van der Waals surface area contributed by atoms with E-state index in [9.17, 15) is 13.2 Å². The summed E-state index contributed by atoms with van der Waals surface area (Å²) in [6.45, 7) is 4.56. The first-order chi connectivity index (χ1) is 12.8. The summed E-state index contributed by atoms with van der Waals surface area (Å²) in [6, 6.07) is 13.4. The van der Waals surface area contributed by atoms with Crippen LogP contribution in [0.3, 0.4) is 0 Å². The number of aliphatic carboxylic acids is 1. The second-order valence-corrected chi connectivity index (χ2v) is 8.09. The smallest absolute Gasteiger partial charge is 0.303 e. The second kappa shape index (κ2) is 9.41.